The Kier molecular flexibility index (Phi) is 2.26. The Morgan fingerprint density at radius 2 is 2.21 bits per heavy atom. The monoisotopic (exact) mass is 260 g/mol. The number of hydrogen-bond donors (Lipinski definition) is 1. The van der Waals surface area contributed by atoms with Gasteiger partial charge in [0.05, 0.1) is 11.7 Å². The molecular weight excluding hydrogens is 254 g/mol. The highest BCUT2D eigenvalue weighted by atomic mass is 79.9. The largest absolute Gasteiger partial charge is 0.278 e. The Hall–Kier alpha value is -0.970. The molecule has 0 amide bonds. The molecule has 0 aliphatic carbocycles. The molecule has 1 aromatic heterocycles. The zero-order chi connectivity index (χ0) is 10.3. The molecule has 1 heterocycles. The summed E-state index contributed by atoms with van der Waals surface area (Å²) in [5.74, 6) is 0. The third-order valence-corrected chi connectivity index (χ3v) is 3.02. The number of nitrogens with one attached hydrogen (secondary N) is 1. The van der Waals surface area contributed by atoms with Crippen molar-refractivity contribution in [1.29, 1.82) is 0 Å². The molecule has 0 saturated heterocycles. The van der Waals surface area contributed by atoms with E-state index in [4.69, 9.17) is 0 Å². The Balaban J connectivity index is 2.84. The van der Waals surface area contributed by atoms with Crippen molar-refractivity contribution in [2.75, 3.05) is 0 Å². The zero-order valence-corrected chi connectivity index (χ0v) is 8.90. The lowest BCUT2D eigenvalue weighted by atomic mass is 10.1. The lowest BCUT2D eigenvalue weighted by Gasteiger charge is -2.05. The fourth-order valence-electron chi connectivity index (χ4n) is 1.41. The number of hydrogen-bond acceptors (Lipinski definition) is 1. The van der Waals surface area contributed by atoms with Gasteiger partial charge in [0.15, 0.2) is 0 Å². The number of H-pyrrole nitrogens is 1. The molecule has 0 radical (unpaired) electrons. The second kappa shape index (κ2) is 3.31. The number of alkyl halides is 2. The standard InChI is InChI=1S/C9H7BrF2N2/c1-4-7(10)2-5(9(11)12)6-3-13-14-8(4)6/h2-3,9H,1H3,(H,13,14). The van der Waals surface area contributed by atoms with Crippen LogP contribution in [0.5, 0.6) is 0 Å². The third-order valence-electron chi connectivity index (χ3n) is 2.20. The summed E-state index contributed by atoms with van der Waals surface area (Å²) in [7, 11) is 0. The van der Waals surface area contributed by atoms with E-state index in [1.54, 1.807) is 0 Å². The Bertz CT molecular complexity index is 479. The van der Waals surface area contributed by atoms with Crippen LogP contribution in [0.25, 0.3) is 10.9 Å². The summed E-state index contributed by atoms with van der Waals surface area (Å²) < 4.78 is 25.9. The quantitative estimate of drug-likeness (QED) is 0.835. The first-order valence-corrected chi connectivity index (χ1v) is 4.80. The SMILES string of the molecule is Cc1c(Br)cc(C(F)F)c2cn[nH]c12. The van der Waals surface area contributed by atoms with E-state index in [1.165, 1.54) is 12.3 Å². The van der Waals surface area contributed by atoms with Crippen molar-refractivity contribution in [1.82, 2.24) is 10.2 Å². The third kappa shape index (κ3) is 1.32. The number of benzene rings is 1. The first kappa shape index (κ1) is 9.58. The van der Waals surface area contributed by atoms with Gasteiger partial charge in [0, 0.05) is 15.4 Å². The van der Waals surface area contributed by atoms with Crippen molar-refractivity contribution in [3.63, 3.8) is 0 Å². The average molecular weight is 261 g/mol. The van der Waals surface area contributed by atoms with Crippen LogP contribution in [0.1, 0.15) is 17.6 Å². The van der Waals surface area contributed by atoms with Gasteiger partial charge in [-0.3, -0.25) is 5.10 Å². The van der Waals surface area contributed by atoms with Crippen LogP contribution < -0.4 is 0 Å². The molecule has 0 saturated carbocycles. The van der Waals surface area contributed by atoms with Crippen molar-refractivity contribution in [2.45, 2.75) is 13.3 Å². The van der Waals surface area contributed by atoms with Crippen molar-refractivity contribution in [2.24, 2.45) is 0 Å². The summed E-state index contributed by atoms with van der Waals surface area (Å²) in [6.07, 6.45) is -1.05. The van der Waals surface area contributed by atoms with Gasteiger partial charge in [0.2, 0.25) is 0 Å². The summed E-state index contributed by atoms with van der Waals surface area (Å²) >= 11 is 3.24. The van der Waals surface area contributed by atoms with Crippen molar-refractivity contribution < 1.29 is 8.78 Å². The second-order valence-electron chi connectivity index (χ2n) is 3.03. The molecule has 14 heavy (non-hydrogen) atoms. The number of fused-ring (bicyclic) bond motifs is 1. The molecule has 74 valence electrons. The Morgan fingerprint density at radius 1 is 1.50 bits per heavy atom. The number of aromatic amines is 1. The minimum absolute atomic E-state index is 0.00576. The number of aromatic nitrogens is 2. The number of nitrogens with zero attached hydrogens (tertiary/aromatic N) is 1. The number of halogens is 3. The predicted octanol–water partition coefficient (Wildman–Crippen LogP) is 3.57. The normalized spacial score (nSPS) is 11.5. The smallest absolute Gasteiger partial charge is 0.264 e. The highest BCUT2D eigenvalue weighted by Gasteiger charge is 2.15. The topological polar surface area (TPSA) is 28.7 Å². The van der Waals surface area contributed by atoms with Crippen LogP contribution in [-0.4, -0.2) is 10.2 Å². The van der Waals surface area contributed by atoms with Gasteiger partial charge in [-0.1, -0.05) is 15.9 Å². The Morgan fingerprint density at radius 3 is 2.86 bits per heavy atom. The molecule has 0 atom stereocenters. The van der Waals surface area contributed by atoms with Crippen LogP contribution >= 0.6 is 15.9 Å². The maximum absolute atomic E-state index is 12.6. The molecule has 2 nitrogen and oxygen atoms in total. The van der Waals surface area contributed by atoms with Crippen LogP contribution in [-0.2, 0) is 0 Å². The number of aryl methyl sites for hydroxylation is 1. The van der Waals surface area contributed by atoms with E-state index < -0.39 is 6.43 Å². The molecule has 1 aromatic carbocycles. The van der Waals surface area contributed by atoms with E-state index in [0.717, 1.165) is 5.56 Å². The molecule has 0 aliphatic rings. The molecule has 2 aromatic rings. The lowest BCUT2D eigenvalue weighted by Crippen LogP contribution is -1.89. The Labute approximate surface area is 87.4 Å². The summed E-state index contributed by atoms with van der Waals surface area (Å²) in [5.41, 5.74) is 1.56. The van der Waals surface area contributed by atoms with Crippen molar-refractivity contribution >= 4 is 26.8 Å². The molecule has 5 heteroatoms. The summed E-state index contributed by atoms with van der Waals surface area (Å²) in [5, 5.41) is 6.96. The molecular formula is C9H7BrF2N2. The van der Waals surface area contributed by atoms with E-state index >= 15 is 0 Å². The molecule has 1 N–H and O–H groups in total. The minimum Gasteiger partial charge on any atom is -0.278 e. The fraction of sp³-hybridized carbons (Fsp3) is 0.222. The lowest BCUT2D eigenvalue weighted by molar-refractivity contribution is 0.153. The minimum atomic E-state index is -2.48. The molecule has 2 rings (SSSR count). The maximum Gasteiger partial charge on any atom is 0.264 e. The first-order chi connectivity index (χ1) is 6.61. The van der Waals surface area contributed by atoms with E-state index in [2.05, 4.69) is 26.1 Å². The van der Waals surface area contributed by atoms with Gasteiger partial charge in [-0.2, -0.15) is 5.10 Å². The average Bonchev–Trinajstić information content (AvgIpc) is 2.59. The van der Waals surface area contributed by atoms with Crippen LogP contribution in [0.3, 0.4) is 0 Å². The van der Waals surface area contributed by atoms with Crippen LogP contribution in [0, 0.1) is 6.92 Å². The molecule has 0 aliphatic heterocycles. The first-order valence-electron chi connectivity index (χ1n) is 4.01. The van der Waals surface area contributed by atoms with E-state index in [1.807, 2.05) is 6.92 Å². The van der Waals surface area contributed by atoms with Gasteiger partial charge in [-0.05, 0) is 18.6 Å². The highest BCUT2D eigenvalue weighted by Crippen LogP contribution is 2.33. The maximum atomic E-state index is 12.6. The van der Waals surface area contributed by atoms with Gasteiger partial charge in [0.25, 0.3) is 6.43 Å². The van der Waals surface area contributed by atoms with Gasteiger partial charge in [-0.25, -0.2) is 8.78 Å². The molecule has 0 unspecified atom stereocenters. The van der Waals surface area contributed by atoms with Gasteiger partial charge in [0.1, 0.15) is 0 Å². The summed E-state index contributed by atoms with van der Waals surface area (Å²) in [6, 6.07) is 1.44. The predicted molar refractivity (Wildman–Crippen MR) is 53.5 cm³/mol. The van der Waals surface area contributed by atoms with Crippen molar-refractivity contribution in [3.8, 4) is 0 Å². The molecule has 0 bridgehead atoms. The number of rotatable bonds is 1. The summed E-state index contributed by atoms with van der Waals surface area (Å²) in [6.45, 7) is 1.85. The van der Waals surface area contributed by atoms with E-state index in [-0.39, 0.29) is 5.56 Å². The van der Waals surface area contributed by atoms with E-state index in [0.29, 0.717) is 15.4 Å². The van der Waals surface area contributed by atoms with E-state index in [9.17, 15) is 8.78 Å². The molecule has 0 spiro atoms. The van der Waals surface area contributed by atoms with Crippen LogP contribution in [0.2, 0.25) is 0 Å². The zero-order valence-electron chi connectivity index (χ0n) is 7.31. The second-order valence-corrected chi connectivity index (χ2v) is 3.89. The molecule has 0 fully saturated rings. The van der Waals surface area contributed by atoms with Gasteiger partial charge in [-0.15, -0.1) is 0 Å². The highest BCUT2D eigenvalue weighted by molar-refractivity contribution is 9.10. The van der Waals surface area contributed by atoms with Gasteiger partial charge < -0.3 is 0 Å². The van der Waals surface area contributed by atoms with Crippen molar-refractivity contribution in [3.05, 3.63) is 27.9 Å². The fourth-order valence-corrected chi connectivity index (χ4v) is 1.86. The van der Waals surface area contributed by atoms with Gasteiger partial charge >= 0.3 is 0 Å². The summed E-state index contributed by atoms with van der Waals surface area (Å²) in [4.78, 5) is 0. The van der Waals surface area contributed by atoms with Crippen LogP contribution in [0.15, 0.2) is 16.7 Å². The van der Waals surface area contributed by atoms with Crippen LogP contribution in [0.4, 0.5) is 8.78 Å².